The molecule has 0 aliphatic heterocycles. The minimum absolute atomic E-state index is 0.00764. The standard InChI is InChI=1S/C8H15NO2S/c1-4-8(5-2)9-6-7-12(3,10)11/h1,8-9H,5-7H2,2-3H3. The molecule has 1 atom stereocenters. The summed E-state index contributed by atoms with van der Waals surface area (Å²) in [4.78, 5) is 0. The zero-order valence-corrected chi connectivity index (χ0v) is 8.32. The van der Waals surface area contributed by atoms with Gasteiger partial charge in [0.15, 0.2) is 0 Å². The van der Waals surface area contributed by atoms with Crippen LogP contribution in [0.5, 0.6) is 0 Å². The van der Waals surface area contributed by atoms with Crippen LogP contribution in [0.4, 0.5) is 0 Å². The maximum atomic E-state index is 10.7. The van der Waals surface area contributed by atoms with Crippen molar-refractivity contribution in [3.8, 4) is 12.3 Å². The average molecular weight is 189 g/mol. The molecule has 0 heterocycles. The summed E-state index contributed by atoms with van der Waals surface area (Å²) in [5.74, 6) is 2.68. The van der Waals surface area contributed by atoms with E-state index in [1.807, 2.05) is 6.92 Å². The Hall–Kier alpha value is -0.530. The number of rotatable bonds is 5. The minimum Gasteiger partial charge on any atom is -0.303 e. The third-order valence-electron chi connectivity index (χ3n) is 1.47. The SMILES string of the molecule is C#CC(CC)NCCS(C)(=O)=O. The lowest BCUT2D eigenvalue weighted by Crippen LogP contribution is -2.31. The summed E-state index contributed by atoms with van der Waals surface area (Å²) >= 11 is 0. The third-order valence-corrected chi connectivity index (χ3v) is 2.42. The highest BCUT2D eigenvalue weighted by atomic mass is 32.2. The van der Waals surface area contributed by atoms with E-state index in [-0.39, 0.29) is 11.8 Å². The third kappa shape index (κ3) is 6.20. The van der Waals surface area contributed by atoms with Gasteiger partial charge in [-0.25, -0.2) is 8.42 Å². The quantitative estimate of drug-likeness (QED) is 0.621. The summed E-state index contributed by atoms with van der Waals surface area (Å²) in [6.07, 6.45) is 7.20. The van der Waals surface area contributed by atoms with E-state index >= 15 is 0 Å². The van der Waals surface area contributed by atoms with Gasteiger partial charge in [0.1, 0.15) is 9.84 Å². The maximum absolute atomic E-state index is 10.7. The molecule has 1 N–H and O–H groups in total. The Morgan fingerprint density at radius 3 is 2.50 bits per heavy atom. The van der Waals surface area contributed by atoms with Gasteiger partial charge in [-0.3, -0.25) is 0 Å². The van der Waals surface area contributed by atoms with Gasteiger partial charge in [-0.15, -0.1) is 6.42 Å². The molecular formula is C8H15NO2S. The summed E-state index contributed by atoms with van der Waals surface area (Å²) in [7, 11) is -2.87. The number of hydrogen-bond acceptors (Lipinski definition) is 3. The van der Waals surface area contributed by atoms with Crippen molar-refractivity contribution < 1.29 is 8.42 Å². The molecular weight excluding hydrogens is 174 g/mol. The number of hydrogen-bond donors (Lipinski definition) is 1. The van der Waals surface area contributed by atoms with Crippen molar-refractivity contribution in [3.05, 3.63) is 0 Å². The maximum Gasteiger partial charge on any atom is 0.148 e. The van der Waals surface area contributed by atoms with E-state index in [1.165, 1.54) is 6.26 Å². The highest BCUT2D eigenvalue weighted by Crippen LogP contribution is 1.88. The Labute approximate surface area is 74.5 Å². The average Bonchev–Trinajstić information content (AvgIpc) is 1.96. The topological polar surface area (TPSA) is 46.2 Å². The molecule has 0 rings (SSSR count). The smallest absolute Gasteiger partial charge is 0.148 e. The van der Waals surface area contributed by atoms with Gasteiger partial charge in [0, 0.05) is 12.8 Å². The monoisotopic (exact) mass is 189 g/mol. The van der Waals surface area contributed by atoms with E-state index in [9.17, 15) is 8.42 Å². The van der Waals surface area contributed by atoms with Crippen molar-refractivity contribution in [2.75, 3.05) is 18.6 Å². The summed E-state index contributed by atoms with van der Waals surface area (Å²) < 4.78 is 21.4. The minimum atomic E-state index is -2.87. The Bertz CT molecular complexity index is 251. The van der Waals surface area contributed by atoms with Crippen LogP contribution in [0.25, 0.3) is 0 Å². The fourth-order valence-electron chi connectivity index (χ4n) is 0.740. The normalized spacial score (nSPS) is 13.8. The second-order valence-corrected chi connectivity index (χ2v) is 4.97. The van der Waals surface area contributed by atoms with Gasteiger partial charge < -0.3 is 5.32 Å². The van der Waals surface area contributed by atoms with Gasteiger partial charge >= 0.3 is 0 Å². The molecule has 0 aromatic heterocycles. The van der Waals surface area contributed by atoms with Crippen LogP contribution in [0.3, 0.4) is 0 Å². The Morgan fingerprint density at radius 1 is 1.58 bits per heavy atom. The predicted molar refractivity (Wildman–Crippen MR) is 50.6 cm³/mol. The van der Waals surface area contributed by atoms with E-state index in [1.54, 1.807) is 0 Å². The van der Waals surface area contributed by atoms with E-state index in [0.717, 1.165) is 6.42 Å². The molecule has 1 unspecified atom stereocenters. The van der Waals surface area contributed by atoms with E-state index in [2.05, 4.69) is 11.2 Å². The fourth-order valence-corrected chi connectivity index (χ4v) is 1.23. The molecule has 70 valence electrons. The highest BCUT2D eigenvalue weighted by Gasteiger charge is 2.04. The van der Waals surface area contributed by atoms with Crippen LogP contribution >= 0.6 is 0 Å². The fraction of sp³-hybridized carbons (Fsp3) is 0.750. The van der Waals surface area contributed by atoms with Crippen LogP contribution in [-0.4, -0.2) is 33.0 Å². The van der Waals surface area contributed by atoms with E-state index in [0.29, 0.717) is 6.54 Å². The summed E-state index contributed by atoms with van der Waals surface area (Å²) in [6, 6.07) is -0.00764. The van der Waals surface area contributed by atoms with Crippen molar-refractivity contribution in [2.24, 2.45) is 0 Å². The van der Waals surface area contributed by atoms with Crippen molar-refractivity contribution in [2.45, 2.75) is 19.4 Å². The molecule has 0 aliphatic rings. The van der Waals surface area contributed by atoms with Gasteiger partial charge in [-0.2, -0.15) is 0 Å². The van der Waals surface area contributed by atoms with Crippen LogP contribution < -0.4 is 5.32 Å². The first-order valence-corrected chi connectivity index (χ1v) is 5.93. The Morgan fingerprint density at radius 2 is 2.17 bits per heavy atom. The van der Waals surface area contributed by atoms with Crippen LogP contribution in [0, 0.1) is 12.3 Å². The Balaban J connectivity index is 3.64. The molecule has 0 fully saturated rings. The Kier molecular flexibility index (Phi) is 4.95. The molecule has 0 bridgehead atoms. The van der Waals surface area contributed by atoms with Crippen molar-refractivity contribution >= 4 is 9.84 Å². The van der Waals surface area contributed by atoms with Crippen LogP contribution in [0.15, 0.2) is 0 Å². The first-order chi connectivity index (χ1) is 5.49. The van der Waals surface area contributed by atoms with E-state index in [4.69, 9.17) is 6.42 Å². The van der Waals surface area contributed by atoms with Crippen molar-refractivity contribution in [1.82, 2.24) is 5.32 Å². The molecule has 0 aliphatic carbocycles. The summed E-state index contributed by atoms with van der Waals surface area (Å²) in [5, 5.41) is 2.96. The predicted octanol–water partition coefficient (Wildman–Crippen LogP) is 0.0324. The zero-order chi connectivity index (χ0) is 9.61. The largest absolute Gasteiger partial charge is 0.303 e. The lowest BCUT2D eigenvalue weighted by molar-refractivity contribution is 0.583. The molecule has 0 saturated carbocycles. The van der Waals surface area contributed by atoms with Gasteiger partial charge in [-0.1, -0.05) is 12.8 Å². The van der Waals surface area contributed by atoms with Crippen LogP contribution in [0.2, 0.25) is 0 Å². The molecule has 0 aromatic rings. The van der Waals surface area contributed by atoms with E-state index < -0.39 is 9.84 Å². The number of sulfone groups is 1. The lowest BCUT2D eigenvalue weighted by Gasteiger charge is -2.08. The van der Waals surface area contributed by atoms with Crippen molar-refractivity contribution in [1.29, 1.82) is 0 Å². The summed E-state index contributed by atoms with van der Waals surface area (Å²) in [5.41, 5.74) is 0. The molecule has 0 aromatic carbocycles. The lowest BCUT2D eigenvalue weighted by atomic mass is 10.2. The van der Waals surface area contributed by atoms with Crippen molar-refractivity contribution in [3.63, 3.8) is 0 Å². The molecule has 12 heavy (non-hydrogen) atoms. The van der Waals surface area contributed by atoms with Gasteiger partial charge in [0.25, 0.3) is 0 Å². The zero-order valence-electron chi connectivity index (χ0n) is 7.50. The summed E-state index contributed by atoms with van der Waals surface area (Å²) in [6.45, 7) is 2.39. The molecule has 3 nitrogen and oxygen atoms in total. The molecule has 4 heteroatoms. The molecule has 0 amide bonds. The second-order valence-electron chi connectivity index (χ2n) is 2.71. The second kappa shape index (κ2) is 5.18. The van der Waals surface area contributed by atoms with Gasteiger partial charge in [0.2, 0.25) is 0 Å². The van der Waals surface area contributed by atoms with Crippen LogP contribution in [0.1, 0.15) is 13.3 Å². The van der Waals surface area contributed by atoms with Crippen LogP contribution in [-0.2, 0) is 9.84 Å². The van der Waals surface area contributed by atoms with Gasteiger partial charge in [-0.05, 0) is 6.42 Å². The molecule has 0 spiro atoms. The first kappa shape index (κ1) is 11.5. The number of terminal acetylenes is 1. The molecule has 0 saturated heterocycles. The highest BCUT2D eigenvalue weighted by molar-refractivity contribution is 7.90. The number of nitrogens with one attached hydrogen (secondary N) is 1. The first-order valence-electron chi connectivity index (χ1n) is 3.87. The van der Waals surface area contributed by atoms with Gasteiger partial charge in [0.05, 0.1) is 11.8 Å². The molecule has 0 radical (unpaired) electrons.